The van der Waals surface area contributed by atoms with Crippen LogP contribution in [-0.2, 0) is 14.3 Å². The van der Waals surface area contributed by atoms with Crippen molar-refractivity contribution < 1.29 is 32.6 Å². The molecule has 1 heterocycles. The van der Waals surface area contributed by atoms with E-state index < -0.39 is 13.0 Å². The molecule has 0 spiro atoms. The Balaban J connectivity index is 0. The summed E-state index contributed by atoms with van der Waals surface area (Å²) in [5.74, 6) is 4.92. The van der Waals surface area contributed by atoms with Crippen molar-refractivity contribution in [1.82, 2.24) is 4.90 Å². The summed E-state index contributed by atoms with van der Waals surface area (Å²) in [5, 5.41) is 9.98. The Morgan fingerprint density at radius 1 is 1.18 bits per heavy atom. The van der Waals surface area contributed by atoms with Gasteiger partial charge in [0.1, 0.15) is 12.4 Å². The summed E-state index contributed by atoms with van der Waals surface area (Å²) < 4.78 is 46.0. The van der Waals surface area contributed by atoms with Gasteiger partial charge in [0.2, 0.25) is 5.88 Å². The number of nitrogens with two attached hydrogens (primary N) is 2. The lowest BCUT2D eigenvalue weighted by molar-refractivity contribution is 0.0477. The molecule has 1 aliphatic rings. The van der Waals surface area contributed by atoms with Crippen LogP contribution in [0, 0.1) is 11.3 Å². The molecule has 1 aliphatic heterocycles. The minimum absolute atomic E-state index is 0.0473. The molecule has 0 saturated heterocycles. The lowest BCUT2D eigenvalue weighted by Crippen LogP contribution is -2.33. The molecule has 0 saturated carbocycles. The Morgan fingerprint density at radius 3 is 2.15 bits per heavy atom. The number of aliphatic hydroxyl groups is 1. The van der Waals surface area contributed by atoms with E-state index in [4.69, 9.17) is 15.2 Å². The number of ether oxygens (including phenoxy) is 2. The number of nitrogens with zero attached hydrogens (tertiary/aromatic N) is 1. The van der Waals surface area contributed by atoms with E-state index in [2.05, 4.69) is 51.6 Å². The maximum Gasteiger partial charge on any atom is 0.272 e. The molecule has 10 heteroatoms. The van der Waals surface area contributed by atoms with E-state index in [-0.39, 0.29) is 29.8 Å². The fourth-order valence-corrected chi connectivity index (χ4v) is 4.41. The van der Waals surface area contributed by atoms with Crippen molar-refractivity contribution in [2.24, 2.45) is 23.0 Å². The number of hydrogen-bond acceptors (Lipinski definition) is 7. The standard InChI is InChI=1S/C27H42F2N2O3.C2H5F.CH5NO/c1-9-14-27(18(3)4,15-13-20(6)32)21(7)22(8)31-16-23(12-11-19(31)5)34-26(30)24(10-2)33-17-25(28)29;1-2-3;1-3-2/h10-12,16,18,20,25,32H,2,5,9,13-15,17,30H2,1,3-4,6-8H3;2*2H2,1H3/b22-21+,26-24-;;. The minimum Gasteiger partial charge on any atom is -0.482 e. The van der Waals surface area contributed by atoms with E-state index in [0.29, 0.717) is 11.7 Å². The van der Waals surface area contributed by atoms with Gasteiger partial charge in [-0.25, -0.2) is 14.7 Å². The van der Waals surface area contributed by atoms with Crippen LogP contribution in [-0.4, -0.2) is 42.9 Å². The van der Waals surface area contributed by atoms with E-state index in [0.717, 1.165) is 37.1 Å². The SMILES string of the molecule is C=C/C(OCC(F)F)=C(\N)OC1=CN(/C(C)=C(\C)C(CCC)(CCC(C)O)C(C)C)C(=C)C=C1.CCF.CON. The molecule has 40 heavy (non-hydrogen) atoms. The highest BCUT2D eigenvalue weighted by atomic mass is 19.3. The number of allylic oxidation sites excluding steroid dienone is 5. The van der Waals surface area contributed by atoms with Gasteiger partial charge in [-0.2, -0.15) is 0 Å². The normalized spacial score (nSPS) is 16.4. The molecule has 0 aliphatic carbocycles. The Morgan fingerprint density at radius 2 is 1.73 bits per heavy atom. The van der Waals surface area contributed by atoms with Crippen molar-refractivity contribution in [3.05, 3.63) is 72.0 Å². The van der Waals surface area contributed by atoms with Crippen molar-refractivity contribution in [3.8, 4) is 0 Å². The maximum atomic E-state index is 12.5. The summed E-state index contributed by atoms with van der Waals surface area (Å²) in [6, 6.07) is 0. The molecule has 0 aromatic heterocycles. The van der Waals surface area contributed by atoms with Gasteiger partial charge in [0.05, 0.1) is 26.1 Å². The lowest BCUT2D eigenvalue weighted by atomic mass is 9.65. The molecular weight excluding hydrogens is 523 g/mol. The molecule has 232 valence electrons. The molecule has 2 atom stereocenters. The molecule has 0 bridgehead atoms. The van der Waals surface area contributed by atoms with Crippen LogP contribution in [0.3, 0.4) is 0 Å². The van der Waals surface area contributed by atoms with Crippen LogP contribution in [0.5, 0.6) is 0 Å². The summed E-state index contributed by atoms with van der Waals surface area (Å²) in [7, 11) is 1.40. The van der Waals surface area contributed by atoms with Crippen LogP contribution >= 0.6 is 0 Å². The summed E-state index contributed by atoms with van der Waals surface area (Å²) in [5.41, 5.74) is 8.87. The fraction of sp³-hybridized carbons (Fsp3) is 0.600. The van der Waals surface area contributed by atoms with Gasteiger partial charge >= 0.3 is 0 Å². The molecule has 7 nitrogen and oxygen atoms in total. The van der Waals surface area contributed by atoms with Gasteiger partial charge < -0.3 is 30.1 Å². The molecule has 0 fully saturated rings. The zero-order chi connectivity index (χ0) is 31.5. The van der Waals surface area contributed by atoms with Gasteiger partial charge in [-0.15, -0.1) is 0 Å². The van der Waals surface area contributed by atoms with E-state index in [9.17, 15) is 18.3 Å². The highest BCUT2D eigenvalue weighted by Gasteiger charge is 2.36. The van der Waals surface area contributed by atoms with Crippen LogP contribution in [0.2, 0.25) is 0 Å². The van der Waals surface area contributed by atoms with Crippen LogP contribution in [0.1, 0.15) is 74.1 Å². The maximum absolute atomic E-state index is 12.5. The number of alkyl halides is 3. The minimum atomic E-state index is -2.63. The van der Waals surface area contributed by atoms with Crippen molar-refractivity contribution in [2.45, 2.75) is 86.7 Å². The Kier molecular flexibility index (Phi) is 20.8. The average molecular weight is 576 g/mol. The number of hydrogen-bond donors (Lipinski definition) is 3. The van der Waals surface area contributed by atoms with Crippen LogP contribution in [0.4, 0.5) is 13.2 Å². The predicted molar refractivity (Wildman–Crippen MR) is 157 cm³/mol. The van der Waals surface area contributed by atoms with Crippen molar-refractivity contribution in [1.29, 1.82) is 0 Å². The van der Waals surface area contributed by atoms with Crippen molar-refractivity contribution >= 4 is 0 Å². The second-order valence-corrected chi connectivity index (χ2v) is 9.62. The van der Waals surface area contributed by atoms with Crippen molar-refractivity contribution in [3.63, 3.8) is 0 Å². The number of halogens is 3. The number of rotatable bonds is 14. The smallest absolute Gasteiger partial charge is 0.272 e. The third-order valence-corrected chi connectivity index (χ3v) is 6.49. The predicted octanol–water partition coefficient (Wildman–Crippen LogP) is 7.21. The van der Waals surface area contributed by atoms with E-state index in [1.165, 1.54) is 25.7 Å². The zero-order valence-electron chi connectivity index (χ0n) is 25.6. The Labute approximate surface area is 239 Å². The van der Waals surface area contributed by atoms with Crippen LogP contribution in [0.15, 0.2) is 72.0 Å². The second kappa shape index (κ2) is 21.1. The summed E-state index contributed by atoms with van der Waals surface area (Å²) in [6.45, 7) is 20.8. The van der Waals surface area contributed by atoms with Gasteiger partial charge in [0, 0.05) is 11.4 Å². The molecule has 2 unspecified atom stereocenters. The van der Waals surface area contributed by atoms with Crippen molar-refractivity contribution in [2.75, 3.05) is 20.4 Å². The van der Waals surface area contributed by atoms with Gasteiger partial charge in [-0.3, -0.25) is 4.39 Å². The first-order valence-electron chi connectivity index (χ1n) is 13.5. The molecule has 0 aromatic carbocycles. The van der Waals surface area contributed by atoms with Crippen LogP contribution < -0.4 is 11.6 Å². The van der Waals surface area contributed by atoms with E-state index in [1.807, 2.05) is 18.7 Å². The zero-order valence-corrected chi connectivity index (χ0v) is 25.6. The molecule has 1 rings (SSSR count). The number of aliphatic hydroxyl groups excluding tert-OH is 1. The lowest BCUT2D eigenvalue weighted by Gasteiger charge is -2.42. The third kappa shape index (κ3) is 13.6. The van der Waals surface area contributed by atoms with Gasteiger partial charge in [0.15, 0.2) is 5.76 Å². The average Bonchev–Trinajstić information content (AvgIpc) is 2.87. The highest BCUT2D eigenvalue weighted by molar-refractivity contribution is 5.36. The molecule has 5 N–H and O–H groups in total. The van der Waals surface area contributed by atoms with Gasteiger partial charge in [0.25, 0.3) is 6.43 Å². The fourth-order valence-electron chi connectivity index (χ4n) is 4.41. The topological polar surface area (TPSA) is 103 Å². The Bertz CT molecular complexity index is 881. The summed E-state index contributed by atoms with van der Waals surface area (Å²) in [4.78, 5) is 5.70. The van der Waals surface area contributed by atoms with Gasteiger partial charge in [-0.1, -0.05) is 40.3 Å². The monoisotopic (exact) mass is 575 g/mol. The Hall–Kier alpha value is -2.69. The first-order chi connectivity index (χ1) is 18.7. The first-order valence-corrected chi connectivity index (χ1v) is 13.5. The third-order valence-electron chi connectivity index (χ3n) is 6.49. The highest BCUT2D eigenvalue weighted by Crippen LogP contribution is 2.46. The largest absolute Gasteiger partial charge is 0.482 e. The van der Waals surface area contributed by atoms with E-state index >= 15 is 0 Å². The molecule has 0 aromatic rings. The molecular formula is C30H52F3N3O4. The first kappa shape index (κ1) is 39.5. The van der Waals surface area contributed by atoms with Gasteiger partial charge in [-0.05, 0) is 82.1 Å². The summed E-state index contributed by atoms with van der Waals surface area (Å²) >= 11 is 0. The van der Waals surface area contributed by atoms with Crippen LogP contribution in [0.25, 0.3) is 0 Å². The van der Waals surface area contributed by atoms with E-state index in [1.54, 1.807) is 18.4 Å². The molecule has 0 radical (unpaired) electrons. The molecule has 0 amide bonds. The quantitative estimate of drug-likeness (QED) is 0.114. The second-order valence-electron chi connectivity index (χ2n) is 9.62. The summed E-state index contributed by atoms with van der Waals surface area (Å²) in [6.07, 6.45) is 7.15.